The number of methoxy groups -OCH3 is 2. The highest BCUT2D eigenvalue weighted by Crippen LogP contribution is 2.36. The van der Waals surface area contributed by atoms with Gasteiger partial charge in [-0.2, -0.15) is 0 Å². The number of rotatable bonds is 4. The lowest BCUT2D eigenvalue weighted by Crippen LogP contribution is -2.41. The molecule has 0 unspecified atom stereocenters. The molecule has 20 heavy (non-hydrogen) atoms. The van der Waals surface area contributed by atoms with Crippen LogP contribution in [0.1, 0.15) is 33.3 Å². The number of hydrogen-bond donors (Lipinski definition) is 0. The van der Waals surface area contributed by atoms with Gasteiger partial charge >= 0.3 is 7.12 Å². The van der Waals surface area contributed by atoms with Gasteiger partial charge in [0.05, 0.1) is 24.9 Å². The first-order valence-corrected chi connectivity index (χ1v) is 6.82. The quantitative estimate of drug-likeness (QED) is 0.791. The molecule has 4 nitrogen and oxygen atoms in total. The molecule has 2 rings (SSSR count). The molecule has 1 fully saturated rings. The van der Waals surface area contributed by atoms with Crippen LogP contribution in [0.3, 0.4) is 0 Å². The van der Waals surface area contributed by atoms with Crippen LogP contribution < -0.4 is 10.2 Å². The summed E-state index contributed by atoms with van der Waals surface area (Å²) in [6.45, 7) is 8.69. The first-order valence-electron chi connectivity index (χ1n) is 6.82. The molecule has 0 saturated carbocycles. The minimum Gasteiger partial charge on any atom is -0.496 e. The van der Waals surface area contributed by atoms with Crippen LogP contribution in [0.15, 0.2) is 18.2 Å². The van der Waals surface area contributed by atoms with Crippen molar-refractivity contribution in [3.8, 4) is 5.75 Å². The third-order valence-electron chi connectivity index (χ3n) is 4.13. The zero-order chi connectivity index (χ0) is 15.0. The Bertz CT molecular complexity index is 469. The first-order chi connectivity index (χ1) is 9.30. The van der Waals surface area contributed by atoms with E-state index < -0.39 is 0 Å². The second-order valence-electron chi connectivity index (χ2n) is 6.09. The van der Waals surface area contributed by atoms with E-state index in [4.69, 9.17) is 18.8 Å². The molecular formula is C15H23BO4. The fraction of sp³-hybridized carbons (Fsp3) is 0.600. The molecule has 1 aromatic carbocycles. The molecule has 0 N–H and O–H groups in total. The summed E-state index contributed by atoms with van der Waals surface area (Å²) >= 11 is 0. The first kappa shape index (κ1) is 15.4. The average Bonchev–Trinajstić information content (AvgIpc) is 2.59. The molecule has 0 radical (unpaired) electrons. The highest BCUT2D eigenvalue weighted by molar-refractivity contribution is 6.62. The van der Waals surface area contributed by atoms with Crippen LogP contribution in [0.5, 0.6) is 5.75 Å². The molecular weight excluding hydrogens is 255 g/mol. The van der Waals surface area contributed by atoms with Crippen molar-refractivity contribution in [1.82, 2.24) is 0 Å². The maximum atomic E-state index is 6.05. The predicted molar refractivity (Wildman–Crippen MR) is 79.4 cm³/mol. The summed E-state index contributed by atoms with van der Waals surface area (Å²) in [5.41, 5.74) is 1.30. The van der Waals surface area contributed by atoms with Crippen LogP contribution in [0.4, 0.5) is 0 Å². The van der Waals surface area contributed by atoms with Gasteiger partial charge in [-0.3, -0.25) is 0 Å². The SMILES string of the molecule is COCc1cc(B2OC(C)(C)C(C)(C)O2)ccc1OC. The zero-order valence-electron chi connectivity index (χ0n) is 13.1. The molecule has 1 aromatic rings. The molecule has 1 aliphatic rings. The van der Waals surface area contributed by atoms with Crippen molar-refractivity contribution >= 4 is 12.6 Å². The molecule has 0 amide bonds. The number of ether oxygens (including phenoxy) is 2. The highest BCUT2D eigenvalue weighted by atomic mass is 16.7. The second kappa shape index (κ2) is 5.39. The van der Waals surface area contributed by atoms with Gasteiger partial charge in [0.15, 0.2) is 0 Å². The number of benzene rings is 1. The maximum Gasteiger partial charge on any atom is 0.494 e. The number of hydrogen-bond acceptors (Lipinski definition) is 4. The smallest absolute Gasteiger partial charge is 0.494 e. The van der Waals surface area contributed by atoms with E-state index in [9.17, 15) is 0 Å². The predicted octanol–water partition coefficient (Wildman–Crippen LogP) is 2.14. The van der Waals surface area contributed by atoms with Crippen molar-refractivity contribution in [3.63, 3.8) is 0 Å². The topological polar surface area (TPSA) is 36.9 Å². The monoisotopic (exact) mass is 278 g/mol. The van der Waals surface area contributed by atoms with Crippen molar-refractivity contribution in [2.24, 2.45) is 0 Å². The van der Waals surface area contributed by atoms with Gasteiger partial charge in [-0.25, -0.2) is 0 Å². The van der Waals surface area contributed by atoms with E-state index in [-0.39, 0.29) is 18.3 Å². The van der Waals surface area contributed by atoms with Crippen LogP contribution in [0.25, 0.3) is 0 Å². The van der Waals surface area contributed by atoms with E-state index in [1.807, 2.05) is 45.9 Å². The van der Waals surface area contributed by atoms with Gasteiger partial charge in [0.2, 0.25) is 0 Å². The van der Waals surface area contributed by atoms with Gasteiger partial charge in [0.1, 0.15) is 5.75 Å². The lowest BCUT2D eigenvalue weighted by molar-refractivity contribution is 0.00578. The second-order valence-corrected chi connectivity index (χ2v) is 6.09. The van der Waals surface area contributed by atoms with E-state index in [0.717, 1.165) is 16.8 Å². The third kappa shape index (κ3) is 2.71. The minimum absolute atomic E-state index is 0.334. The summed E-state index contributed by atoms with van der Waals surface area (Å²) in [6.07, 6.45) is 0. The van der Waals surface area contributed by atoms with Gasteiger partial charge < -0.3 is 18.8 Å². The van der Waals surface area contributed by atoms with Crippen molar-refractivity contribution < 1.29 is 18.8 Å². The van der Waals surface area contributed by atoms with E-state index in [2.05, 4.69) is 0 Å². The Kier molecular flexibility index (Phi) is 4.14. The third-order valence-corrected chi connectivity index (χ3v) is 4.13. The van der Waals surface area contributed by atoms with Crippen molar-refractivity contribution in [3.05, 3.63) is 23.8 Å². The molecule has 0 aliphatic carbocycles. The molecule has 0 bridgehead atoms. The average molecular weight is 278 g/mol. The summed E-state index contributed by atoms with van der Waals surface area (Å²) in [7, 11) is 2.96. The Morgan fingerprint density at radius 1 is 1.05 bits per heavy atom. The highest BCUT2D eigenvalue weighted by Gasteiger charge is 2.51. The summed E-state index contributed by atoms with van der Waals surface area (Å²) in [4.78, 5) is 0. The molecule has 0 aromatic heterocycles. The standard InChI is InChI=1S/C15H23BO4/c1-14(2)15(3,4)20-16(19-14)12-7-8-13(18-6)11(9-12)10-17-5/h7-9H,10H2,1-6H3. The molecule has 0 atom stereocenters. The van der Waals surface area contributed by atoms with Crippen LogP contribution in [-0.4, -0.2) is 32.5 Å². The van der Waals surface area contributed by atoms with Crippen molar-refractivity contribution in [1.29, 1.82) is 0 Å². The van der Waals surface area contributed by atoms with E-state index in [1.165, 1.54) is 0 Å². The molecule has 1 saturated heterocycles. The Labute approximate surface area is 121 Å². The lowest BCUT2D eigenvalue weighted by Gasteiger charge is -2.32. The van der Waals surface area contributed by atoms with Gasteiger partial charge in [0.25, 0.3) is 0 Å². The van der Waals surface area contributed by atoms with E-state index in [0.29, 0.717) is 6.61 Å². The molecule has 0 spiro atoms. The van der Waals surface area contributed by atoms with E-state index in [1.54, 1.807) is 14.2 Å². The molecule has 1 aliphatic heterocycles. The summed E-state index contributed by atoms with van der Waals surface area (Å²) in [5, 5.41) is 0. The van der Waals surface area contributed by atoms with Crippen LogP contribution >= 0.6 is 0 Å². The van der Waals surface area contributed by atoms with Crippen LogP contribution in [0.2, 0.25) is 0 Å². The van der Waals surface area contributed by atoms with Gasteiger partial charge in [0, 0.05) is 12.7 Å². The van der Waals surface area contributed by atoms with Crippen molar-refractivity contribution in [2.45, 2.75) is 45.5 Å². The Morgan fingerprint density at radius 3 is 2.15 bits per heavy atom. The Balaban J connectivity index is 2.29. The van der Waals surface area contributed by atoms with E-state index >= 15 is 0 Å². The molecule has 1 heterocycles. The van der Waals surface area contributed by atoms with Gasteiger partial charge in [-0.05, 0) is 39.2 Å². The lowest BCUT2D eigenvalue weighted by atomic mass is 9.78. The fourth-order valence-corrected chi connectivity index (χ4v) is 2.19. The van der Waals surface area contributed by atoms with Crippen LogP contribution in [0, 0.1) is 0 Å². The van der Waals surface area contributed by atoms with Crippen molar-refractivity contribution in [2.75, 3.05) is 14.2 Å². The van der Waals surface area contributed by atoms with Crippen LogP contribution in [-0.2, 0) is 20.7 Å². The largest absolute Gasteiger partial charge is 0.496 e. The zero-order valence-corrected chi connectivity index (χ0v) is 13.1. The maximum absolute atomic E-state index is 6.05. The normalized spacial score (nSPS) is 20.2. The van der Waals surface area contributed by atoms with Gasteiger partial charge in [-0.1, -0.05) is 12.1 Å². The molecule has 5 heteroatoms. The Hall–Kier alpha value is -1.04. The molecule has 110 valence electrons. The fourth-order valence-electron chi connectivity index (χ4n) is 2.19. The minimum atomic E-state index is -0.360. The summed E-state index contributed by atoms with van der Waals surface area (Å²) in [6, 6.07) is 5.92. The Morgan fingerprint density at radius 2 is 1.65 bits per heavy atom. The summed E-state index contributed by atoms with van der Waals surface area (Å²) < 4.78 is 22.6. The van der Waals surface area contributed by atoms with Gasteiger partial charge in [-0.15, -0.1) is 0 Å². The summed E-state index contributed by atoms with van der Waals surface area (Å²) in [5.74, 6) is 0.812.